The van der Waals surface area contributed by atoms with Crippen molar-refractivity contribution in [2.24, 2.45) is 5.73 Å². The summed E-state index contributed by atoms with van der Waals surface area (Å²) < 4.78 is 5.87. The molecule has 4 N–H and O–H groups in total. The van der Waals surface area contributed by atoms with E-state index in [1.807, 2.05) is 12.2 Å². The molecule has 0 heterocycles. The van der Waals surface area contributed by atoms with Crippen LogP contribution in [0.25, 0.3) is 0 Å². The molecule has 0 aliphatic rings. The predicted molar refractivity (Wildman–Crippen MR) is 229 cm³/mol. The molecule has 2 unspecified atom stereocenters. The maximum Gasteiger partial charge on any atom is 0.326 e. The van der Waals surface area contributed by atoms with Crippen molar-refractivity contribution >= 4 is 17.8 Å². The third-order valence-electron chi connectivity index (χ3n) is 8.93. The number of unbranched alkanes of at least 4 members (excludes halogenated alkanes) is 11. The van der Waals surface area contributed by atoms with Gasteiger partial charge in [0.1, 0.15) is 12.1 Å². The normalized spacial score (nSPS) is 13.5. The number of carboxylic acid groups (broad SMARTS) is 1. The summed E-state index contributed by atoms with van der Waals surface area (Å²) in [6.45, 7) is 4.76. The number of nitrogens with two attached hydrogens (primary N) is 1. The lowest BCUT2D eigenvalue weighted by Crippen LogP contribution is -2.40. The predicted octanol–water partition coefficient (Wildman–Crippen LogP) is 12.1. The standard InChI is InChI=1S/C47H78N2O5/c1-3-5-7-9-11-13-15-17-19-20-21-23-25-27-29-31-33-41-46(51)54-43(38-34-35-40-45(50)49-44(47(52)53)39-36-42-48)37-32-30-28-26-24-22-18-16-14-12-10-8-6-4-2/h6,8,11-14,17-19,22,26,28,32,37,43-44H,3-5,7,9-10,15-16,20-21,23-25,27,29-31,33-36,38-42,48H2,1-2H3,(H,49,50)(H,52,53)/b8-6-,13-11-,14-12-,19-17-,22-18-,28-26-,37-32-. The van der Waals surface area contributed by atoms with Gasteiger partial charge in [-0.2, -0.15) is 0 Å². The average molecular weight is 751 g/mol. The van der Waals surface area contributed by atoms with Crippen LogP contribution >= 0.6 is 0 Å². The second-order valence-corrected chi connectivity index (χ2v) is 14.0. The molecule has 0 rings (SSSR count). The largest absolute Gasteiger partial charge is 0.480 e. The summed E-state index contributed by atoms with van der Waals surface area (Å²) in [4.78, 5) is 36.6. The maximum absolute atomic E-state index is 12.7. The Hall–Kier alpha value is -3.45. The number of rotatable bonds is 37. The Bertz CT molecular complexity index is 1120. The number of amides is 1. The average Bonchev–Trinajstić information content (AvgIpc) is 3.16. The number of carbonyl (C=O) groups excluding carboxylic acids is 2. The molecule has 0 aromatic carbocycles. The van der Waals surface area contributed by atoms with Crippen molar-refractivity contribution < 1.29 is 24.2 Å². The van der Waals surface area contributed by atoms with Gasteiger partial charge < -0.3 is 20.9 Å². The number of hydrogen-bond donors (Lipinski definition) is 3. The Labute approximate surface area is 330 Å². The summed E-state index contributed by atoms with van der Waals surface area (Å²) in [7, 11) is 0. The zero-order valence-corrected chi connectivity index (χ0v) is 34.3. The Balaban J connectivity index is 4.54. The number of ether oxygens (including phenoxy) is 1. The van der Waals surface area contributed by atoms with Crippen molar-refractivity contribution in [1.29, 1.82) is 0 Å². The van der Waals surface area contributed by atoms with E-state index in [9.17, 15) is 19.5 Å². The Morgan fingerprint density at radius 3 is 1.63 bits per heavy atom. The third kappa shape index (κ3) is 36.9. The molecular formula is C47H78N2O5. The lowest BCUT2D eigenvalue weighted by molar-refractivity contribution is -0.147. The van der Waals surface area contributed by atoms with Crippen LogP contribution in [0.5, 0.6) is 0 Å². The highest BCUT2D eigenvalue weighted by molar-refractivity contribution is 5.83. The van der Waals surface area contributed by atoms with Crippen LogP contribution < -0.4 is 11.1 Å². The second-order valence-electron chi connectivity index (χ2n) is 14.0. The molecule has 0 aromatic rings. The van der Waals surface area contributed by atoms with E-state index in [-0.39, 0.29) is 24.4 Å². The Morgan fingerprint density at radius 2 is 1.07 bits per heavy atom. The fraction of sp³-hybridized carbons (Fsp3) is 0.638. The van der Waals surface area contributed by atoms with Crippen LogP contribution in [0.3, 0.4) is 0 Å². The van der Waals surface area contributed by atoms with Gasteiger partial charge in [-0.15, -0.1) is 0 Å². The van der Waals surface area contributed by atoms with Gasteiger partial charge in [-0.05, 0) is 115 Å². The molecule has 2 atom stereocenters. The first-order valence-electron chi connectivity index (χ1n) is 21.4. The number of aliphatic carboxylic acids is 1. The van der Waals surface area contributed by atoms with Crippen molar-refractivity contribution in [2.45, 2.75) is 187 Å². The molecule has 0 radical (unpaired) electrons. The van der Waals surface area contributed by atoms with E-state index in [1.165, 1.54) is 51.4 Å². The van der Waals surface area contributed by atoms with E-state index in [0.717, 1.165) is 64.2 Å². The first-order valence-corrected chi connectivity index (χ1v) is 21.4. The van der Waals surface area contributed by atoms with Crippen LogP contribution in [0.2, 0.25) is 0 Å². The quantitative estimate of drug-likeness (QED) is 0.0330. The van der Waals surface area contributed by atoms with Gasteiger partial charge in [-0.3, -0.25) is 9.59 Å². The number of carbonyl (C=O) groups is 3. The van der Waals surface area contributed by atoms with Crippen LogP contribution in [0, 0.1) is 0 Å². The van der Waals surface area contributed by atoms with Crippen LogP contribution in [0.4, 0.5) is 0 Å². The Morgan fingerprint density at radius 1 is 0.574 bits per heavy atom. The molecule has 7 nitrogen and oxygen atoms in total. The number of carboxylic acids is 1. The van der Waals surface area contributed by atoms with Gasteiger partial charge in [0, 0.05) is 12.8 Å². The summed E-state index contributed by atoms with van der Waals surface area (Å²) in [5.41, 5.74) is 5.50. The summed E-state index contributed by atoms with van der Waals surface area (Å²) in [5.74, 6) is -1.50. The van der Waals surface area contributed by atoms with Crippen molar-refractivity contribution in [2.75, 3.05) is 6.54 Å². The first kappa shape index (κ1) is 50.5. The van der Waals surface area contributed by atoms with E-state index in [2.05, 4.69) is 92.1 Å². The zero-order chi connectivity index (χ0) is 39.6. The van der Waals surface area contributed by atoms with Gasteiger partial charge >= 0.3 is 11.9 Å². The van der Waals surface area contributed by atoms with E-state index in [4.69, 9.17) is 10.5 Å². The highest BCUT2D eigenvalue weighted by Crippen LogP contribution is 2.14. The summed E-state index contributed by atoms with van der Waals surface area (Å²) >= 11 is 0. The van der Waals surface area contributed by atoms with Crippen LogP contribution in [0.15, 0.2) is 85.1 Å². The fourth-order valence-corrected chi connectivity index (χ4v) is 5.72. The van der Waals surface area contributed by atoms with E-state index < -0.39 is 12.0 Å². The molecule has 0 aliphatic carbocycles. The number of esters is 1. The van der Waals surface area contributed by atoms with E-state index in [1.54, 1.807) is 0 Å². The smallest absolute Gasteiger partial charge is 0.326 e. The highest BCUT2D eigenvalue weighted by atomic mass is 16.5. The minimum Gasteiger partial charge on any atom is -0.480 e. The number of allylic oxidation sites excluding steroid dienone is 13. The van der Waals surface area contributed by atoms with Gasteiger partial charge in [0.25, 0.3) is 0 Å². The lowest BCUT2D eigenvalue weighted by Gasteiger charge is -2.16. The van der Waals surface area contributed by atoms with Gasteiger partial charge in [0.2, 0.25) is 5.91 Å². The van der Waals surface area contributed by atoms with Crippen LogP contribution in [-0.4, -0.2) is 41.6 Å². The Kier molecular flexibility index (Phi) is 38.1. The monoisotopic (exact) mass is 751 g/mol. The molecule has 7 heteroatoms. The van der Waals surface area contributed by atoms with Crippen molar-refractivity contribution in [3.05, 3.63) is 85.1 Å². The van der Waals surface area contributed by atoms with E-state index in [0.29, 0.717) is 45.1 Å². The molecular weight excluding hydrogens is 673 g/mol. The molecule has 0 saturated heterocycles. The molecule has 0 fully saturated rings. The summed E-state index contributed by atoms with van der Waals surface area (Å²) in [5, 5.41) is 12.0. The number of nitrogens with one attached hydrogen (secondary N) is 1. The maximum atomic E-state index is 12.7. The SMILES string of the molecule is CC/C=C\C/C=C\C/C=C\C/C=C\C/C=C\C(CCCCC(=O)NC(CCCN)C(=O)O)OC(=O)CCCCCCCCC/C=C\C/C=C\CCCCC. The van der Waals surface area contributed by atoms with Gasteiger partial charge in [0.15, 0.2) is 0 Å². The summed E-state index contributed by atoms with van der Waals surface area (Å²) in [6.07, 6.45) is 53.4. The van der Waals surface area contributed by atoms with Crippen molar-refractivity contribution in [1.82, 2.24) is 5.32 Å². The molecule has 0 aliphatic heterocycles. The highest BCUT2D eigenvalue weighted by Gasteiger charge is 2.19. The van der Waals surface area contributed by atoms with Crippen LogP contribution in [-0.2, 0) is 19.1 Å². The third-order valence-corrected chi connectivity index (χ3v) is 8.93. The van der Waals surface area contributed by atoms with Gasteiger partial charge in [-0.25, -0.2) is 4.79 Å². The van der Waals surface area contributed by atoms with E-state index >= 15 is 0 Å². The molecule has 306 valence electrons. The molecule has 0 bridgehead atoms. The topological polar surface area (TPSA) is 119 Å². The van der Waals surface area contributed by atoms with Crippen LogP contribution in [0.1, 0.15) is 174 Å². The van der Waals surface area contributed by atoms with Gasteiger partial charge in [0.05, 0.1) is 0 Å². The molecule has 0 spiro atoms. The van der Waals surface area contributed by atoms with Gasteiger partial charge in [-0.1, -0.05) is 138 Å². The van der Waals surface area contributed by atoms with Crippen molar-refractivity contribution in [3.8, 4) is 0 Å². The lowest BCUT2D eigenvalue weighted by atomic mass is 10.1. The molecule has 1 amide bonds. The minimum atomic E-state index is -1.04. The van der Waals surface area contributed by atoms with Crippen molar-refractivity contribution in [3.63, 3.8) is 0 Å². The molecule has 0 saturated carbocycles. The summed E-state index contributed by atoms with van der Waals surface area (Å²) in [6, 6.07) is -0.916. The first-order chi connectivity index (χ1) is 26.4. The second kappa shape index (κ2) is 40.7. The minimum absolute atomic E-state index is 0.176. The fourth-order valence-electron chi connectivity index (χ4n) is 5.72. The molecule has 54 heavy (non-hydrogen) atoms. The molecule has 0 aromatic heterocycles. The number of hydrogen-bond acceptors (Lipinski definition) is 5. The zero-order valence-electron chi connectivity index (χ0n) is 34.3.